The molecule has 0 saturated carbocycles. The summed E-state index contributed by atoms with van der Waals surface area (Å²) < 4.78 is 0.814. The Morgan fingerprint density at radius 1 is 1.22 bits per heavy atom. The molecular weight excluding hydrogens is 316 g/mol. The molecule has 0 aliphatic rings. The van der Waals surface area contributed by atoms with Gasteiger partial charge in [-0.15, -0.1) is 0 Å². The zero-order valence-electron chi connectivity index (χ0n) is 9.96. The van der Waals surface area contributed by atoms with Gasteiger partial charge in [0.15, 0.2) is 0 Å². The van der Waals surface area contributed by atoms with Crippen LogP contribution in [0.1, 0.15) is 5.82 Å². The number of anilines is 3. The molecule has 0 spiro atoms. The zero-order chi connectivity index (χ0) is 13.1. The number of hydrogen-bond acceptors (Lipinski definition) is 4. The minimum Gasteiger partial charge on any atom is -0.373 e. The summed E-state index contributed by atoms with van der Waals surface area (Å²) in [5.41, 5.74) is 0.864. The maximum Gasteiger partial charge on any atom is 0.136 e. The predicted molar refractivity (Wildman–Crippen MR) is 78.8 cm³/mol. The Hall–Kier alpha value is -1.33. The van der Waals surface area contributed by atoms with Crippen LogP contribution in [0.5, 0.6) is 0 Å². The van der Waals surface area contributed by atoms with Gasteiger partial charge in [-0.2, -0.15) is 0 Å². The van der Waals surface area contributed by atoms with Gasteiger partial charge in [0.25, 0.3) is 0 Å². The highest BCUT2D eigenvalue weighted by Crippen LogP contribution is 2.31. The highest BCUT2D eigenvalue weighted by molar-refractivity contribution is 9.10. The number of benzene rings is 1. The molecule has 1 heterocycles. The summed E-state index contributed by atoms with van der Waals surface area (Å²) in [6, 6.07) is 7.45. The van der Waals surface area contributed by atoms with E-state index in [1.165, 1.54) is 0 Å². The SMILES string of the molecule is CNc1cc(Nc2cccc(Cl)c2Br)nc(C)n1. The second-order valence-corrected chi connectivity index (χ2v) is 4.86. The van der Waals surface area contributed by atoms with E-state index in [9.17, 15) is 0 Å². The Morgan fingerprint density at radius 2 is 1.94 bits per heavy atom. The fourth-order valence-electron chi connectivity index (χ4n) is 1.50. The van der Waals surface area contributed by atoms with E-state index in [1.54, 1.807) is 0 Å². The largest absolute Gasteiger partial charge is 0.373 e. The van der Waals surface area contributed by atoms with E-state index in [-0.39, 0.29) is 0 Å². The van der Waals surface area contributed by atoms with Gasteiger partial charge in [0.05, 0.1) is 15.2 Å². The number of halogens is 2. The Kier molecular flexibility index (Phi) is 4.04. The molecule has 0 unspecified atom stereocenters. The maximum absolute atomic E-state index is 6.04. The first-order chi connectivity index (χ1) is 8.60. The van der Waals surface area contributed by atoms with Crippen molar-refractivity contribution in [2.24, 2.45) is 0 Å². The van der Waals surface area contributed by atoms with Gasteiger partial charge in [-0.1, -0.05) is 17.7 Å². The molecule has 0 bridgehead atoms. The molecule has 0 aliphatic heterocycles. The fourth-order valence-corrected chi connectivity index (χ4v) is 2.04. The first-order valence-electron chi connectivity index (χ1n) is 5.34. The number of hydrogen-bond donors (Lipinski definition) is 2. The van der Waals surface area contributed by atoms with Crippen LogP contribution in [-0.2, 0) is 0 Å². The molecule has 4 nitrogen and oxygen atoms in total. The first-order valence-corrected chi connectivity index (χ1v) is 6.51. The highest BCUT2D eigenvalue weighted by atomic mass is 79.9. The zero-order valence-corrected chi connectivity index (χ0v) is 12.3. The maximum atomic E-state index is 6.04. The molecule has 0 radical (unpaired) electrons. The van der Waals surface area contributed by atoms with Crippen LogP contribution in [0.3, 0.4) is 0 Å². The smallest absolute Gasteiger partial charge is 0.136 e. The van der Waals surface area contributed by atoms with Crippen molar-refractivity contribution < 1.29 is 0 Å². The Labute approximate surface area is 119 Å². The molecule has 0 aliphatic carbocycles. The lowest BCUT2D eigenvalue weighted by Crippen LogP contribution is -2.01. The highest BCUT2D eigenvalue weighted by Gasteiger charge is 2.06. The Bertz CT molecular complexity index is 574. The van der Waals surface area contributed by atoms with Crippen molar-refractivity contribution in [1.29, 1.82) is 0 Å². The minimum absolute atomic E-state index is 0.652. The molecule has 1 aromatic carbocycles. The molecule has 0 saturated heterocycles. The Balaban J connectivity index is 2.34. The third kappa shape index (κ3) is 2.91. The quantitative estimate of drug-likeness (QED) is 0.895. The van der Waals surface area contributed by atoms with Crippen LogP contribution >= 0.6 is 27.5 Å². The number of aryl methyl sites for hydroxylation is 1. The summed E-state index contributed by atoms with van der Waals surface area (Å²) in [5.74, 6) is 2.18. The van der Waals surface area contributed by atoms with Crippen LogP contribution in [-0.4, -0.2) is 17.0 Å². The van der Waals surface area contributed by atoms with E-state index in [0.29, 0.717) is 10.8 Å². The van der Waals surface area contributed by atoms with Gasteiger partial charge >= 0.3 is 0 Å². The lowest BCUT2D eigenvalue weighted by Gasteiger charge is -2.10. The molecule has 94 valence electrons. The molecule has 2 N–H and O–H groups in total. The molecule has 0 fully saturated rings. The summed E-state index contributed by atoms with van der Waals surface area (Å²) >= 11 is 9.48. The van der Waals surface area contributed by atoms with E-state index < -0.39 is 0 Å². The van der Waals surface area contributed by atoms with Gasteiger partial charge in [-0.3, -0.25) is 0 Å². The molecule has 1 aromatic heterocycles. The Morgan fingerprint density at radius 3 is 2.67 bits per heavy atom. The van der Waals surface area contributed by atoms with Gasteiger partial charge in [-0.25, -0.2) is 9.97 Å². The summed E-state index contributed by atoms with van der Waals surface area (Å²) in [6.45, 7) is 1.85. The molecule has 18 heavy (non-hydrogen) atoms. The molecular formula is C12H12BrClN4. The van der Waals surface area contributed by atoms with Crippen molar-refractivity contribution in [2.75, 3.05) is 17.7 Å². The minimum atomic E-state index is 0.652. The first kappa shape index (κ1) is 13.1. The van der Waals surface area contributed by atoms with E-state index in [2.05, 4.69) is 36.5 Å². The monoisotopic (exact) mass is 326 g/mol. The fraction of sp³-hybridized carbons (Fsp3) is 0.167. The van der Waals surface area contributed by atoms with Crippen LogP contribution in [0.2, 0.25) is 5.02 Å². The number of aromatic nitrogens is 2. The molecule has 6 heteroatoms. The van der Waals surface area contributed by atoms with Crippen LogP contribution in [0, 0.1) is 6.92 Å². The molecule has 2 rings (SSSR count). The van der Waals surface area contributed by atoms with Gasteiger partial charge in [0.2, 0.25) is 0 Å². The standard InChI is InChI=1S/C12H12BrClN4/c1-7-16-10(15-2)6-11(17-7)18-9-5-3-4-8(14)12(9)13/h3-6H,1-2H3,(H2,15,16,17,18). The summed E-state index contributed by atoms with van der Waals surface area (Å²) in [6.07, 6.45) is 0. The topological polar surface area (TPSA) is 49.8 Å². The van der Waals surface area contributed by atoms with Gasteiger partial charge in [-0.05, 0) is 35.0 Å². The number of rotatable bonds is 3. The van der Waals surface area contributed by atoms with E-state index in [1.807, 2.05) is 38.2 Å². The lowest BCUT2D eigenvalue weighted by molar-refractivity contribution is 1.06. The van der Waals surface area contributed by atoms with Crippen LogP contribution in [0.4, 0.5) is 17.3 Å². The normalized spacial score (nSPS) is 10.2. The van der Waals surface area contributed by atoms with Gasteiger partial charge in [0, 0.05) is 13.1 Å². The summed E-state index contributed by atoms with van der Waals surface area (Å²) in [5, 5.41) is 6.85. The van der Waals surface area contributed by atoms with Crippen LogP contribution in [0.15, 0.2) is 28.7 Å². The third-order valence-electron chi connectivity index (χ3n) is 2.31. The van der Waals surface area contributed by atoms with Crippen molar-refractivity contribution in [3.8, 4) is 0 Å². The second kappa shape index (κ2) is 5.54. The van der Waals surface area contributed by atoms with Gasteiger partial charge < -0.3 is 10.6 Å². The second-order valence-electron chi connectivity index (χ2n) is 3.66. The van der Waals surface area contributed by atoms with Crippen molar-refractivity contribution >= 4 is 44.9 Å². The molecule has 2 aromatic rings. The summed E-state index contributed by atoms with van der Waals surface area (Å²) in [7, 11) is 1.82. The van der Waals surface area contributed by atoms with Crippen molar-refractivity contribution in [1.82, 2.24) is 9.97 Å². The van der Waals surface area contributed by atoms with E-state index in [4.69, 9.17) is 11.6 Å². The lowest BCUT2D eigenvalue weighted by atomic mass is 10.3. The van der Waals surface area contributed by atoms with E-state index in [0.717, 1.165) is 21.8 Å². The van der Waals surface area contributed by atoms with Crippen molar-refractivity contribution in [3.05, 3.63) is 39.6 Å². The molecule has 0 amide bonds. The average Bonchev–Trinajstić information content (AvgIpc) is 2.34. The number of nitrogens with one attached hydrogen (secondary N) is 2. The van der Waals surface area contributed by atoms with Gasteiger partial charge in [0.1, 0.15) is 17.5 Å². The summed E-state index contributed by atoms with van der Waals surface area (Å²) in [4.78, 5) is 8.56. The van der Waals surface area contributed by atoms with Crippen molar-refractivity contribution in [2.45, 2.75) is 6.92 Å². The van der Waals surface area contributed by atoms with E-state index >= 15 is 0 Å². The molecule has 0 atom stereocenters. The van der Waals surface area contributed by atoms with Crippen LogP contribution < -0.4 is 10.6 Å². The predicted octanol–water partition coefficient (Wildman–Crippen LogP) is 3.99. The van der Waals surface area contributed by atoms with Crippen molar-refractivity contribution in [3.63, 3.8) is 0 Å². The average molecular weight is 328 g/mol. The third-order valence-corrected chi connectivity index (χ3v) is 3.71. The number of nitrogens with zero attached hydrogens (tertiary/aromatic N) is 2. The van der Waals surface area contributed by atoms with Crippen LogP contribution in [0.25, 0.3) is 0 Å².